The maximum Gasteiger partial charge on any atom is 0.0701 e. The summed E-state index contributed by atoms with van der Waals surface area (Å²) >= 11 is 0. The van der Waals surface area contributed by atoms with Gasteiger partial charge in [0.2, 0.25) is 0 Å². The van der Waals surface area contributed by atoms with E-state index >= 15 is 0 Å². The fourth-order valence-corrected chi connectivity index (χ4v) is 1.35. The Balaban J connectivity index is 3.06. The first-order chi connectivity index (χ1) is 6.65. The number of anilines is 1. The number of nitrogens with zero attached hydrogens (tertiary/aromatic N) is 1. The number of hydrogen-bond acceptors (Lipinski definition) is 3. The van der Waals surface area contributed by atoms with Crippen molar-refractivity contribution in [2.45, 2.75) is 13.8 Å². The highest BCUT2D eigenvalue weighted by Crippen LogP contribution is 2.12. The summed E-state index contributed by atoms with van der Waals surface area (Å²) in [5.74, 6) is 0.379. The summed E-state index contributed by atoms with van der Waals surface area (Å²) in [6, 6.07) is 7.78. The highest BCUT2D eigenvalue weighted by atomic mass is 15.3. The van der Waals surface area contributed by atoms with Crippen LogP contribution >= 0.6 is 0 Å². The summed E-state index contributed by atoms with van der Waals surface area (Å²) in [7, 11) is 1.80. The van der Waals surface area contributed by atoms with Crippen molar-refractivity contribution in [3.63, 3.8) is 0 Å². The molecule has 0 saturated heterocycles. The molecule has 0 spiro atoms. The quantitative estimate of drug-likeness (QED) is 0.435. The molecule has 1 aromatic carbocycles. The average molecular weight is 191 g/mol. The third kappa shape index (κ3) is 2.49. The normalized spacial score (nSPS) is 11.9. The van der Waals surface area contributed by atoms with Crippen LogP contribution in [0.3, 0.4) is 0 Å². The van der Waals surface area contributed by atoms with Gasteiger partial charge in [-0.15, -0.1) is 0 Å². The Hall–Kier alpha value is -1.51. The third-order valence-corrected chi connectivity index (χ3v) is 1.96. The van der Waals surface area contributed by atoms with Gasteiger partial charge >= 0.3 is 0 Å². The zero-order valence-corrected chi connectivity index (χ0v) is 8.91. The summed E-state index contributed by atoms with van der Waals surface area (Å²) in [4.78, 5) is 0. The van der Waals surface area contributed by atoms with Gasteiger partial charge in [-0.05, 0) is 18.1 Å². The van der Waals surface area contributed by atoms with Crippen LogP contribution in [0.15, 0.2) is 29.4 Å². The van der Waals surface area contributed by atoms with E-state index in [1.165, 1.54) is 0 Å². The van der Waals surface area contributed by atoms with Crippen LogP contribution in [0.4, 0.5) is 5.69 Å². The summed E-state index contributed by atoms with van der Waals surface area (Å²) in [5.41, 5.74) is 11.4. The second-order valence-electron chi connectivity index (χ2n) is 3.50. The van der Waals surface area contributed by atoms with Crippen molar-refractivity contribution in [2.24, 2.45) is 11.0 Å². The molecule has 0 radical (unpaired) electrons. The number of hydrazone groups is 1. The number of nitrogens with two attached hydrogens (primary N) is 1. The summed E-state index contributed by atoms with van der Waals surface area (Å²) in [5, 5.41) is 4.25. The van der Waals surface area contributed by atoms with E-state index in [4.69, 9.17) is 5.73 Å². The molecule has 0 unspecified atom stereocenters. The van der Waals surface area contributed by atoms with Gasteiger partial charge in [-0.25, -0.2) is 0 Å². The van der Waals surface area contributed by atoms with E-state index < -0.39 is 0 Å². The van der Waals surface area contributed by atoms with E-state index in [2.05, 4.69) is 24.4 Å². The highest BCUT2D eigenvalue weighted by molar-refractivity contribution is 6.02. The molecule has 0 aliphatic heterocycles. The van der Waals surface area contributed by atoms with Gasteiger partial charge in [0.05, 0.1) is 5.71 Å². The highest BCUT2D eigenvalue weighted by Gasteiger charge is 2.08. The van der Waals surface area contributed by atoms with Crippen molar-refractivity contribution in [1.29, 1.82) is 0 Å². The number of rotatable bonds is 3. The first-order valence-electron chi connectivity index (χ1n) is 4.75. The van der Waals surface area contributed by atoms with E-state index in [9.17, 15) is 0 Å². The van der Waals surface area contributed by atoms with Gasteiger partial charge in [0.25, 0.3) is 0 Å². The molecule has 0 amide bonds. The minimum Gasteiger partial charge on any atom is -0.399 e. The van der Waals surface area contributed by atoms with E-state index in [0.717, 1.165) is 17.0 Å². The second-order valence-corrected chi connectivity index (χ2v) is 3.50. The van der Waals surface area contributed by atoms with Crippen LogP contribution in [0.25, 0.3) is 0 Å². The van der Waals surface area contributed by atoms with Crippen LogP contribution in [-0.2, 0) is 0 Å². The van der Waals surface area contributed by atoms with E-state index in [1.807, 2.05) is 24.3 Å². The monoisotopic (exact) mass is 191 g/mol. The Labute approximate surface area is 85.0 Å². The molecular formula is C11H17N3. The molecule has 0 aliphatic carbocycles. The molecule has 0 atom stereocenters. The first-order valence-corrected chi connectivity index (χ1v) is 4.75. The van der Waals surface area contributed by atoms with Gasteiger partial charge in [0.15, 0.2) is 0 Å². The van der Waals surface area contributed by atoms with E-state index in [1.54, 1.807) is 7.05 Å². The maximum atomic E-state index is 5.72. The predicted molar refractivity (Wildman–Crippen MR) is 61.3 cm³/mol. The third-order valence-electron chi connectivity index (χ3n) is 1.96. The molecule has 0 aliphatic rings. The fourth-order valence-electron chi connectivity index (χ4n) is 1.35. The topological polar surface area (TPSA) is 50.4 Å². The van der Waals surface area contributed by atoms with Gasteiger partial charge in [-0.3, -0.25) is 0 Å². The van der Waals surface area contributed by atoms with Crippen molar-refractivity contribution in [3.8, 4) is 0 Å². The van der Waals surface area contributed by atoms with Crippen molar-refractivity contribution in [2.75, 3.05) is 12.8 Å². The zero-order valence-electron chi connectivity index (χ0n) is 8.91. The zero-order chi connectivity index (χ0) is 10.6. The molecule has 3 nitrogen and oxygen atoms in total. The number of nitrogens with one attached hydrogen (secondary N) is 1. The lowest BCUT2D eigenvalue weighted by molar-refractivity contribution is 0.828. The van der Waals surface area contributed by atoms with Crippen LogP contribution in [0.1, 0.15) is 19.4 Å². The lowest BCUT2D eigenvalue weighted by Crippen LogP contribution is -2.13. The van der Waals surface area contributed by atoms with Gasteiger partial charge in [0.1, 0.15) is 0 Å². The average Bonchev–Trinajstić information content (AvgIpc) is 2.13. The number of hydrogen-bond donors (Lipinski definition) is 2. The molecular weight excluding hydrogens is 174 g/mol. The lowest BCUT2D eigenvalue weighted by atomic mass is 10.00. The SMILES string of the molecule is CN/N=C(/c1cccc(N)c1)C(C)C. The standard InChI is InChI=1S/C11H17N3/c1-8(2)11(14-13-3)9-5-4-6-10(12)7-9/h4-8,13H,12H2,1-3H3/b14-11+. The molecule has 1 rings (SSSR count). The molecule has 3 heteroatoms. The van der Waals surface area contributed by atoms with Crippen molar-refractivity contribution < 1.29 is 0 Å². The lowest BCUT2D eigenvalue weighted by Gasteiger charge is -2.10. The molecule has 0 saturated carbocycles. The minimum absolute atomic E-state index is 0.379. The first kappa shape index (κ1) is 10.6. The van der Waals surface area contributed by atoms with Crippen LogP contribution in [0.2, 0.25) is 0 Å². The van der Waals surface area contributed by atoms with Crippen LogP contribution in [0, 0.1) is 5.92 Å². The largest absolute Gasteiger partial charge is 0.399 e. The van der Waals surface area contributed by atoms with E-state index in [0.29, 0.717) is 5.92 Å². The molecule has 3 N–H and O–H groups in total. The molecule has 0 fully saturated rings. The Morgan fingerprint density at radius 3 is 2.64 bits per heavy atom. The Morgan fingerprint density at radius 1 is 1.43 bits per heavy atom. The summed E-state index contributed by atoms with van der Waals surface area (Å²) in [6.07, 6.45) is 0. The minimum atomic E-state index is 0.379. The molecule has 0 bridgehead atoms. The molecule has 0 aromatic heterocycles. The van der Waals surface area contributed by atoms with Crippen LogP contribution < -0.4 is 11.2 Å². The Morgan fingerprint density at radius 2 is 2.14 bits per heavy atom. The van der Waals surface area contributed by atoms with Gasteiger partial charge in [-0.1, -0.05) is 26.0 Å². The van der Waals surface area contributed by atoms with Crippen molar-refractivity contribution in [3.05, 3.63) is 29.8 Å². The molecule has 0 heterocycles. The summed E-state index contributed by atoms with van der Waals surface area (Å²) < 4.78 is 0. The van der Waals surface area contributed by atoms with E-state index in [-0.39, 0.29) is 0 Å². The molecule has 14 heavy (non-hydrogen) atoms. The summed E-state index contributed by atoms with van der Waals surface area (Å²) in [6.45, 7) is 4.22. The number of nitrogen functional groups attached to an aromatic ring is 1. The van der Waals surface area contributed by atoms with Crippen LogP contribution in [-0.4, -0.2) is 12.8 Å². The number of benzene rings is 1. The van der Waals surface area contributed by atoms with Crippen molar-refractivity contribution in [1.82, 2.24) is 5.43 Å². The molecule has 1 aromatic rings. The smallest absolute Gasteiger partial charge is 0.0701 e. The maximum absolute atomic E-state index is 5.72. The molecule has 76 valence electrons. The van der Waals surface area contributed by atoms with Crippen LogP contribution in [0.5, 0.6) is 0 Å². The van der Waals surface area contributed by atoms with Gasteiger partial charge < -0.3 is 11.2 Å². The van der Waals surface area contributed by atoms with Gasteiger partial charge in [-0.2, -0.15) is 5.10 Å². The fraction of sp³-hybridized carbons (Fsp3) is 0.364. The Kier molecular flexibility index (Phi) is 3.51. The van der Waals surface area contributed by atoms with Crippen molar-refractivity contribution >= 4 is 11.4 Å². The van der Waals surface area contributed by atoms with Gasteiger partial charge in [0, 0.05) is 18.3 Å². The second kappa shape index (κ2) is 4.65. The predicted octanol–water partition coefficient (Wildman–Crippen LogP) is 1.85. The Bertz CT molecular complexity index is 329.